The summed E-state index contributed by atoms with van der Waals surface area (Å²) in [4.78, 5) is 13.3. The predicted octanol–water partition coefficient (Wildman–Crippen LogP) is 3.93. The highest BCUT2D eigenvalue weighted by Gasteiger charge is 2.39. The fourth-order valence-corrected chi connectivity index (χ4v) is 5.39. The van der Waals surface area contributed by atoms with Gasteiger partial charge in [0.15, 0.2) is 0 Å². The molecule has 164 valence electrons. The topological polar surface area (TPSA) is 87.0 Å². The molecular formula is C22H33ClO5S. The lowest BCUT2D eigenvalue weighted by Gasteiger charge is -2.21. The van der Waals surface area contributed by atoms with Crippen molar-refractivity contribution in [3.05, 3.63) is 34.0 Å². The van der Waals surface area contributed by atoms with Gasteiger partial charge in [0, 0.05) is 16.2 Å². The Bertz CT molecular complexity index is 659. The van der Waals surface area contributed by atoms with Crippen molar-refractivity contribution in [2.24, 2.45) is 11.8 Å². The maximum absolute atomic E-state index is 11.6. The second-order valence-electron chi connectivity index (χ2n) is 7.94. The molecule has 6 atom stereocenters. The fraction of sp³-hybridized carbons (Fsp3) is 0.682. The Morgan fingerprint density at radius 1 is 1.34 bits per heavy atom. The van der Waals surface area contributed by atoms with Gasteiger partial charge in [0.1, 0.15) is 4.88 Å². The smallest absolute Gasteiger partial charge is 0.348 e. The zero-order chi connectivity index (χ0) is 21.4. The molecule has 0 saturated heterocycles. The lowest BCUT2D eigenvalue weighted by Crippen LogP contribution is -2.19. The first kappa shape index (κ1) is 24.4. The summed E-state index contributed by atoms with van der Waals surface area (Å²) in [6.07, 6.45) is 7.51. The van der Waals surface area contributed by atoms with Gasteiger partial charge >= 0.3 is 5.97 Å². The monoisotopic (exact) mass is 444 g/mol. The number of ether oxygens (including phenoxy) is 1. The summed E-state index contributed by atoms with van der Waals surface area (Å²) in [5, 5.41) is 29.8. The van der Waals surface area contributed by atoms with Crippen LogP contribution in [0.15, 0.2) is 24.3 Å². The lowest BCUT2D eigenvalue weighted by molar-refractivity contribution is 0.0606. The van der Waals surface area contributed by atoms with E-state index in [1.54, 1.807) is 19.1 Å². The molecule has 5 nitrogen and oxygen atoms in total. The van der Waals surface area contributed by atoms with Crippen molar-refractivity contribution in [3.63, 3.8) is 0 Å². The Labute approximate surface area is 182 Å². The molecule has 0 unspecified atom stereocenters. The molecule has 1 saturated carbocycles. The Hall–Kier alpha value is -0.920. The number of aryl methyl sites for hydroxylation is 1. The first-order valence-corrected chi connectivity index (χ1v) is 11.6. The summed E-state index contributed by atoms with van der Waals surface area (Å²) < 4.78 is 4.74. The third-order valence-corrected chi connectivity index (χ3v) is 7.18. The van der Waals surface area contributed by atoms with Crippen molar-refractivity contribution in [2.45, 2.75) is 75.6 Å². The predicted molar refractivity (Wildman–Crippen MR) is 117 cm³/mol. The van der Waals surface area contributed by atoms with E-state index in [0.717, 1.165) is 30.6 Å². The highest BCUT2D eigenvalue weighted by molar-refractivity contribution is 7.13. The lowest BCUT2D eigenvalue weighted by atomic mass is 9.89. The number of rotatable bonds is 11. The van der Waals surface area contributed by atoms with Gasteiger partial charge in [0.25, 0.3) is 0 Å². The molecule has 7 heteroatoms. The van der Waals surface area contributed by atoms with Crippen LogP contribution >= 0.6 is 22.9 Å². The van der Waals surface area contributed by atoms with Crippen molar-refractivity contribution in [1.29, 1.82) is 0 Å². The first-order chi connectivity index (χ1) is 13.8. The summed E-state index contributed by atoms with van der Waals surface area (Å²) in [7, 11) is 1.38. The summed E-state index contributed by atoms with van der Waals surface area (Å²) in [6, 6.07) is 3.75. The summed E-state index contributed by atoms with van der Waals surface area (Å²) >= 11 is 7.96. The van der Waals surface area contributed by atoms with Crippen LogP contribution in [0.4, 0.5) is 0 Å². The Kier molecular flexibility index (Phi) is 10.1. The maximum Gasteiger partial charge on any atom is 0.348 e. The van der Waals surface area contributed by atoms with Gasteiger partial charge < -0.3 is 20.1 Å². The SMILES string of the molecule is COC(=O)c1ccc(CCC[C@@H]2[C@@H](/C=C/[C@@H](O)CCC[C@H](C)O)[C@H](O)C[C@H]2Cl)s1. The van der Waals surface area contributed by atoms with E-state index >= 15 is 0 Å². The number of halogens is 1. The second kappa shape index (κ2) is 12.1. The van der Waals surface area contributed by atoms with Gasteiger partial charge in [-0.1, -0.05) is 12.2 Å². The van der Waals surface area contributed by atoms with Crippen LogP contribution in [0.1, 0.15) is 60.0 Å². The number of hydrogen-bond donors (Lipinski definition) is 3. The average molecular weight is 445 g/mol. The van der Waals surface area contributed by atoms with Crippen molar-refractivity contribution in [3.8, 4) is 0 Å². The number of carbonyl (C=O) groups is 1. The molecule has 1 aliphatic rings. The van der Waals surface area contributed by atoms with Gasteiger partial charge in [-0.2, -0.15) is 0 Å². The maximum atomic E-state index is 11.6. The van der Waals surface area contributed by atoms with Crippen LogP contribution in [-0.4, -0.2) is 52.1 Å². The van der Waals surface area contributed by atoms with Crippen molar-refractivity contribution in [2.75, 3.05) is 7.11 Å². The molecule has 0 aliphatic heterocycles. The highest BCUT2D eigenvalue weighted by atomic mass is 35.5. The third-order valence-electron chi connectivity index (χ3n) is 5.56. The number of hydrogen-bond acceptors (Lipinski definition) is 6. The Morgan fingerprint density at radius 2 is 2.10 bits per heavy atom. The third kappa shape index (κ3) is 7.68. The van der Waals surface area contributed by atoms with E-state index in [2.05, 4.69) is 0 Å². The number of esters is 1. The van der Waals surface area contributed by atoms with Crippen molar-refractivity contribution < 1.29 is 24.9 Å². The molecule has 0 bridgehead atoms. The van der Waals surface area contributed by atoms with E-state index in [-0.39, 0.29) is 29.3 Å². The average Bonchev–Trinajstić information content (AvgIpc) is 3.24. The van der Waals surface area contributed by atoms with Crippen LogP contribution < -0.4 is 0 Å². The zero-order valence-corrected chi connectivity index (χ0v) is 18.7. The largest absolute Gasteiger partial charge is 0.465 e. The quantitative estimate of drug-likeness (QED) is 0.273. The van der Waals surface area contributed by atoms with Crippen LogP contribution in [0, 0.1) is 11.8 Å². The molecule has 0 amide bonds. The molecule has 0 spiro atoms. The summed E-state index contributed by atoms with van der Waals surface area (Å²) in [5.74, 6) is -0.205. The number of thiophene rings is 1. The molecule has 1 heterocycles. The van der Waals surface area contributed by atoms with Crippen molar-refractivity contribution >= 4 is 28.9 Å². The zero-order valence-electron chi connectivity index (χ0n) is 17.2. The fourth-order valence-electron chi connectivity index (χ4n) is 3.94. The molecule has 29 heavy (non-hydrogen) atoms. The van der Waals surface area contributed by atoms with Gasteiger partial charge in [-0.05, 0) is 69.9 Å². The van der Waals surface area contributed by atoms with E-state index in [9.17, 15) is 20.1 Å². The van der Waals surface area contributed by atoms with Crippen LogP contribution in [0.3, 0.4) is 0 Å². The molecule has 1 aliphatic carbocycles. The molecular weight excluding hydrogens is 412 g/mol. The first-order valence-electron chi connectivity index (χ1n) is 10.4. The number of carbonyl (C=O) groups excluding carboxylic acids is 1. The van der Waals surface area contributed by atoms with E-state index in [1.165, 1.54) is 18.4 Å². The number of aliphatic hydroxyl groups excluding tert-OH is 3. The number of methoxy groups -OCH3 is 1. The number of alkyl halides is 1. The second-order valence-corrected chi connectivity index (χ2v) is 9.67. The van der Waals surface area contributed by atoms with Gasteiger partial charge in [0.2, 0.25) is 0 Å². The molecule has 3 N–H and O–H groups in total. The van der Waals surface area contributed by atoms with E-state index in [1.807, 2.05) is 12.1 Å². The van der Waals surface area contributed by atoms with E-state index in [0.29, 0.717) is 24.1 Å². The summed E-state index contributed by atoms with van der Waals surface area (Å²) in [6.45, 7) is 1.74. The van der Waals surface area contributed by atoms with Gasteiger partial charge in [-0.3, -0.25) is 0 Å². The van der Waals surface area contributed by atoms with Gasteiger partial charge in [0.05, 0.1) is 25.4 Å². The van der Waals surface area contributed by atoms with Crippen LogP contribution in [-0.2, 0) is 11.2 Å². The molecule has 1 fully saturated rings. The van der Waals surface area contributed by atoms with Gasteiger partial charge in [-0.25, -0.2) is 4.79 Å². The van der Waals surface area contributed by atoms with Crippen molar-refractivity contribution in [1.82, 2.24) is 0 Å². The van der Waals surface area contributed by atoms with Crippen LogP contribution in [0.5, 0.6) is 0 Å². The number of aliphatic hydroxyl groups is 3. The normalized spacial score (nSPS) is 26.7. The molecule has 1 aromatic rings. The molecule has 0 radical (unpaired) electrons. The minimum atomic E-state index is -0.571. The summed E-state index contributed by atoms with van der Waals surface area (Å²) in [5.41, 5.74) is 0. The standard InChI is InChI=1S/C22H33ClO5S/c1-14(24)5-3-6-15(25)9-11-18-17(19(23)13-20(18)26)8-4-7-16-10-12-21(29-16)22(27)28-2/h9-12,14-15,17-20,24-26H,3-8,13H2,1-2H3/b11-9+/t14-,15-,17+,18+,19+,20+/m0/s1. The van der Waals surface area contributed by atoms with Crippen LogP contribution in [0.25, 0.3) is 0 Å². The minimum absolute atomic E-state index is 0.0575. The van der Waals surface area contributed by atoms with E-state index in [4.69, 9.17) is 16.3 Å². The van der Waals surface area contributed by atoms with E-state index < -0.39 is 12.2 Å². The molecule has 0 aromatic carbocycles. The molecule has 2 rings (SSSR count). The van der Waals surface area contributed by atoms with Gasteiger partial charge in [-0.15, -0.1) is 22.9 Å². The van der Waals surface area contributed by atoms with Crippen LogP contribution in [0.2, 0.25) is 0 Å². The highest BCUT2D eigenvalue weighted by Crippen LogP contribution is 2.40. The minimum Gasteiger partial charge on any atom is -0.465 e. The Balaban J connectivity index is 1.84. The Morgan fingerprint density at radius 3 is 2.79 bits per heavy atom. The molecule has 1 aromatic heterocycles.